The lowest BCUT2D eigenvalue weighted by Crippen LogP contribution is -2.47. The zero-order chi connectivity index (χ0) is 23.9. The molecule has 9 nitrogen and oxygen atoms in total. The zero-order valence-corrected chi connectivity index (χ0v) is 20.2. The van der Waals surface area contributed by atoms with Crippen LogP contribution in [0.15, 0.2) is 59.8 Å². The molecule has 1 N–H and O–H groups in total. The lowest BCUT2D eigenvalue weighted by Gasteiger charge is -2.38. The van der Waals surface area contributed by atoms with E-state index in [4.69, 9.17) is 4.98 Å². The van der Waals surface area contributed by atoms with Crippen LogP contribution in [0.3, 0.4) is 0 Å². The second kappa shape index (κ2) is 8.60. The molecule has 10 heteroatoms. The number of nitrogens with one attached hydrogen (secondary N) is 1. The Morgan fingerprint density at radius 3 is 2.24 bits per heavy atom. The van der Waals surface area contributed by atoms with Crippen LogP contribution in [-0.4, -0.2) is 54.3 Å². The van der Waals surface area contributed by atoms with Gasteiger partial charge in [-0.2, -0.15) is 5.10 Å². The smallest absolute Gasteiger partial charge is 0.266 e. The Kier molecular flexibility index (Phi) is 5.60. The Hall–Kier alpha value is -3.66. The first-order chi connectivity index (χ1) is 16.3. The predicted molar refractivity (Wildman–Crippen MR) is 134 cm³/mol. The van der Waals surface area contributed by atoms with Crippen molar-refractivity contribution < 1.29 is 8.42 Å². The van der Waals surface area contributed by atoms with Gasteiger partial charge in [0.15, 0.2) is 11.6 Å². The van der Waals surface area contributed by atoms with Crippen molar-refractivity contribution >= 4 is 38.4 Å². The number of rotatable bonds is 5. The highest BCUT2D eigenvalue weighted by Crippen LogP contribution is 2.30. The van der Waals surface area contributed by atoms with Crippen molar-refractivity contribution in [2.45, 2.75) is 18.7 Å². The second-order valence-corrected chi connectivity index (χ2v) is 10.2. The van der Waals surface area contributed by atoms with Gasteiger partial charge in [-0.25, -0.2) is 18.4 Å². The fourth-order valence-electron chi connectivity index (χ4n) is 4.24. The van der Waals surface area contributed by atoms with Crippen LogP contribution < -0.4 is 14.5 Å². The molecule has 176 valence electrons. The van der Waals surface area contributed by atoms with E-state index in [1.54, 1.807) is 7.05 Å². The van der Waals surface area contributed by atoms with Crippen LogP contribution >= 0.6 is 0 Å². The van der Waals surface area contributed by atoms with Gasteiger partial charge in [0.25, 0.3) is 10.0 Å². The summed E-state index contributed by atoms with van der Waals surface area (Å²) in [5, 5.41) is 3.98. The lowest BCUT2D eigenvalue weighted by molar-refractivity contribution is 0.600. The minimum Gasteiger partial charge on any atom is -0.368 e. The van der Waals surface area contributed by atoms with E-state index >= 15 is 0 Å². The molecule has 34 heavy (non-hydrogen) atoms. The van der Waals surface area contributed by atoms with Gasteiger partial charge in [-0.05, 0) is 43.2 Å². The van der Waals surface area contributed by atoms with Crippen LogP contribution in [0.2, 0.25) is 0 Å². The van der Waals surface area contributed by atoms with Crippen molar-refractivity contribution in [2.75, 3.05) is 40.7 Å². The summed E-state index contributed by atoms with van der Waals surface area (Å²) >= 11 is 0. The third kappa shape index (κ3) is 4.16. The number of fused-ring (bicyclic) bond motifs is 1. The number of anilines is 3. The van der Waals surface area contributed by atoms with Crippen molar-refractivity contribution in [3.05, 3.63) is 66.0 Å². The Labute approximate surface area is 199 Å². The third-order valence-electron chi connectivity index (χ3n) is 6.27. The van der Waals surface area contributed by atoms with Crippen molar-refractivity contribution in [1.29, 1.82) is 0 Å². The molecule has 1 aliphatic rings. The molecule has 0 spiro atoms. The molecule has 0 unspecified atom stereocenters. The highest BCUT2D eigenvalue weighted by atomic mass is 32.2. The molecular formula is C24H27N7O2S. The monoisotopic (exact) mass is 477 g/mol. The number of para-hydroxylation sites is 2. The molecule has 5 rings (SSSR count). The molecule has 1 aliphatic heterocycles. The van der Waals surface area contributed by atoms with Gasteiger partial charge in [0.05, 0.1) is 17.2 Å². The summed E-state index contributed by atoms with van der Waals surface area (Å²) in [5.41, 5.74) is 5.14. The summed E-state index contributed by atoms with van der Waals surface area (Å²) in [7, 11) is -2.18. The molecule has 0 atom stereocenters. The van der Waals surface area contributed by atoms with E-state index in [0.717, 1.165) is 18.6 Å². The predicted octanol–water partition coefficient (Wildman–Crippen LogP) is 3.11. The molecule has 0 saturated carbocycles. The number of sulfonamides is 1. The number of aromatic nitrogens is 4. The molecular weight excluding hydrogens is 450 g/mol. The summed E-state index contributed by atoms with van der Waals surface area (Å²) in [6.07, 6.45) is 2.78. The summed E-state index contributed by atoms with van der Waals surface area (Å²) in [4.78, 5) is 14.0. The maximum atomic E-state index is 13.0. The summed E-state index contributed by atoms with van der Waals surface area (Å²) in [5.74, 6) is 0.759. The first-order valence-corrected chi connectivity index (χ1v) is 12.6. The quantitative estimate of drug-likeness (QED) is 0.472. The van der Waals surface area contributed by atoms with E-state index in [1.165, 1.54) is 33.9 Å². The van der Waals surface area contributed by atoms with Crippen LogP contribution in [0.25, 0.3) is 11.0 Å². The molecule has 0 radical (unpaired) electrons. The summed E-state index contributed by atoms with van der Waals surface area (Å²) < 4.78 is 30.2. The van der Waals surface area contributed by atoms with Gasteiger partial charge in [-0.15, -0.1) is 0 Å². The lowest BCUT2D eigenvalue weighted by atomic mass is 10.1. The number of piperazine rings is 1. The van der Waals surface area contributed by atoms with Gasteiger partial charge in [0.1, 0.15) is 4.90 Å². The first-order valence-electron chi connectivity index (χ1n) is 11.2. The van der Waals surface area contributed by atoms with E-state index in [1.807, 2.05) is 24.3 Å². The third-order valence-corrected chi connectivity index (χ3v) is 7.56. The fourth-order valence-corrected chi connectivity index (χ4v) is 5.23. The molecule has 1 fully saturated rings. The minimum atomic E-state index is -3.86. The van der Waals surface area contributed by atoms with Crippen LogP contribution in [0.5, 0.6) is 0 Å². The largest absolute Gasteiger partial charge is 0.368 e. The average Bonchev–Trinajstić information content (AvgIpc) is 3.28. The average molecular weight is 478 g/mol. The number of hydrogen-bond donors (Lipinski definition) is 1. The molecule has 0 aliphatic carbocycles. The highest BCUT2D eigenvalue weighted by Gasteiger charge is 2.26. The Bertz CT molecular complexity index is 1460. The van der Waals surface area contributed by atoms with Gasteiger partial charge in [0.2, 0.25) is 0 Å². The fraction of sp³-hybridized carbons (Fsp3) is 0.292. The maximum absolute atomic E-state index is 13.0. The van der Waals surface area contributed by atoms with Crippen molar-refractivity contribution in [2.24, 2.45) is 7.05 Å². The molecule has 0 bridgehead atoms. The topological polar surface area (TPSA) is 96.2 Å². The molecule has 3 heterocycles. The number of hydrogen-bond acceptors (Lipinski definition) is 7. The first kappa shape index (κ1) is 22.1. The van der Waals surface area contributed by atoms with Crippen LogP contribution in [0.4, 0.5) is 17.3 Å². The normalized spacial score (nSPS) is 14.6. The van der Waals surface area contributed by atoms with Crippen molar-refractivity contribution in [3.63, 3.8) is 0 Å². The number of aryl methyl sites for hydroxylation is 2. The van der Waals surface area contributed by atoms with Crippen molar-refractivity contribution in [3.8, 4) is 0 Å². The van der Waals surface area contributed by atoms with Crippen LogP contribution in [0, 0.1) is 13.8 Å². The number of benzene rings is 2. The van der Waals surface area contributed by atoms with Crippen molar-refractivity contribution in [1.82, 2.24) is 19.7 Å². The molecule has 2 aromatic heterocycles. The second-order valence-electron chi connectivity index (χ2n) is 8.53. The highest BCUT2D eigenvalue weighted by molar-refractivity contribution is 7.92. The van der Waals surface area contributed by atoms with E-state index < -0.39 is 10.0 Å². The minimum absolute atomic E-state index is 0.0793. The summed E-state index contributed by atoms with van der Waals surface area (Å²) in [6, 6.07) is 13.8. The van der Waals surface area contributed by atoms with Gasteiger partial charge >= 0.3 is 0 Å². The molecule has 1 saturated heterocycles. The maximum Gasteiger partial charge on any atom is 0.266 e. The SMILES string of the molecule is Cc1cccc(N2CCN(c3nc4ccccc4nc3NS(=O)(=O)c3cnn(C)c3)CC2)c1C. The van der Waals surface area contributed by atoms with E-state index in [2.05, 4.69) is 56.7 Å². The Morgan fingerprint density at radius 1 is 0.882 bits per heavy atom. The Balaban J connectivity index is 1.46. The van der Waals surface area contributed by atoms with E-state index in [9.17, 15) is 8.42 Å². The van der Waals surface area contributed by atoms with Crippen LogP contribution in [0.1, 0.15) is 11.1 Å². The van der Waals surface area contributed by atoms with E-state index in [-0.39, 0.29) is 10.7 Å². The van der Waals surface area contributed by atoms with Gasteiger partial charge in [-0.1, -0.05) is 24.3 Å². The standard InChI is InChI=1S/C24H27N7O2S/c1-17-7-6-10-22(18(17)2)30-11-13-31(14-12-30)24-23(26-20-8-4-5-9-21(20)27-24)28-34(32,33)19-15-25-29(3)16-19/h4-10,15-16H,11-14H2,1-3H3,(H,26,28). The molecule has 0 amide bonds. The van der Waals surface area contributed by atoms with E-state index in [0.29, 0.717) is 24.4 Å². The van der Waals surface area contributed by atoms with Crippen LogP contribution in [-0.2, 0) is 17.1 Å². The Morgan fingerprint density at radius 2 is 1.56 bits per heavy atom. The number of nitrogens with zero attached hydrogens (tertiary/aromatic N) is 6. The summed E-state index contributed by atoms with van der Waals surface area (Å²) in [6.45, 7) is 7.27. The molecule has 2 aromatic carbocycles. The van der Waals surface area contributed by atoms with Gasteiger partial charge in [-0.3, -0.25) is 9.40 Å². The zero-order valence-electron chi connectivity index (χ0n) is 19.4. The van der Waals surface area contributed by atoms with Gasteiger partial charge < -0.3 is 9.80 Å². The van der Waals surface area contributed by atoms with Gasteiger partial charge in [0, 0.05) is 45.1 Å². The molecule has 4 aromatic rings.